The molecule has 1 unspecified atom stereocenters. The molecule has 1 atom stereocenters. The lowest BCUT2D eigenvalue weighted by atomic mass is 9.85. The molecule has 0 bridgehead atoms. The summed E-state index contributed by atoms with van der Waals surface area (Å²) in [6.07, 6.45) is 7.02. The Balaban J connectivity index is 1.72. The van der Waals surface area contributed by atoms with Crippen molar-refractivity contribution < 1.29 is 9.84 Å². The van der Waals surface area contributed by atoms with Crippen LogP contribution in [0, 0.1) is 0 Å². The predicted octanol–water partition coefficient (Wildman–Crippen LogP) is 3.57. The Labute approximate surface area is 131 Å². The van der Waals surface area contributed by atoms with Crippen LogP contribution >= 0.6 is 0 Å². The van der Waals surface area contributed by atoms with E-state index in [1.54, 1.807) is 29.9 Å². The zero-order chi connectivity index (χ0) is 15.3. The number of nitrogens with zero attached hydrogens (tertiary/aromatic N) is 1. The third kappa shape index (κ3) is 1.99. The van der Waals surface area contributed by atoms with Gasteiger partial charge in [-0.2, -0.15) is 0 Å². The molecule has 4 rings (SSSR count). The SMILES string of the molecule is CCC1=CC2=C(CCN3Cc4c(ccc(O)c4OC)CC23)C1. The molecule has 0 spiro atoms. The number of aromatic hydroxyl groups is 1. The summed E-state index contributed by atoms with van der Waals surface area (Å²) in [6.45, 7) is 4.25. The first-order valence-corrected chi connectivity index (χ1v) is 8.24. The van der Waals surface area contributed by atoms with E-state index in [4.69, 9.17) is 4.74 Å². The second-order valence-corrected chi connectivity index (χ2v) is 6.59. The van der Waals surface area contributed by atoms with Gasteiger partial charge in [0.25, 0.3) is 0 Å². The number of hydrogen-bond donors (Lipinski definition) is 1. The van der Waals surface area contributed by atoms with Crippen molar-refractivity contribution in [3.05, 3.63) is 46.1 Å². The van der Waals surface area contributed by atoms with Crippen LogP contribution in [-0.4, -0.2) is 29.7 Å². The molecule has 1 aromatic rings. The number of ether oxygens (including phenoxy) is 1. The van der Waals surface area contributed by atoms with Gasteiger partial charge < -0.3 is 9.84 Å². The first-order chi connectivity index (χ1) is 10.7. The molecule has 1 aromatic carbocycles. The summed E-state index contributed by atoms with van der Waals surface area (Å²) in [7, 11) is 1.64. The van der Waals surface area contributed by atoms with Crippen LogP contribution in [0.4, 0.5) is 0 Å². The van der Waals surface area contributed by atoms with E-state index in [2.05, 4.69) is 24.0 Å². The fourth-order valence-electron chi connectivity index (χ4n) is 4.26. The molecule has 0 saturated carbocycles. The fourth-order valence-corrected chi connectivity index (χ4v) is 4.26. The van der Waals surface area contributed by atoms with Gasteiger partial charge in [-0.1, -0.05) is 30.2 Å². The average Bonchev–Trinajstić information content (AvgIpc) is 2.97. The minimum Gasteiger partial charge on any atom is -0.504 e. The van der Waals surface area contributed by atoms with Crippen LogP contribution in [0.15, 0.2) is 34.9 Å². The molecule has 1 N–H and O–H groups in total. The van der Waals surface area contributed by atoms with E-state index >= 15 is 0 Å². The predicted molar refractivity (Wildman–Crippen MR) is 87.2 cm³/mol. The van der Waals surface area contributed by atoms with Crippen molar-refractivity contribution in [2.45, 2.75) is 45.2 Å². The van der Waals surface area contributed by atoms with Crippen molar-refractivity contribution in [1.82, 2.24) is 4.90 Å². The summed E-state index contributed by atoms with van der Waals surface area (Å²) in [5.41, 5.74) is 7.30. The third-order valence-electron chi connectivity index (χ3n) is 5.48. The van der Waals surface area contributed by atoms with Crippen LogP contribution in [0.25, 0.3) is 0 Å². The summed E-state index contributed by atoms with van der Waals surface area (Å²) in [5, 5.41) is 10.0. The fraction of sp³-hybridized carbons (Fsp3) is 0.474. The van der Waals surface area contributed by atoms with Gasteiger partial charge in [-0.25, -0.2) is 0 Å². The summed E-state index contributed by atoms with van der Waals surface area (Å²) < 4.78 is 5.44. The van der Waals surface area contributed by atoms with Crippen LogP contribution in [0.1, 0.15) is 37.3 Å². The number of methoxy groups -OCH3 is 1. The van der Waals surface area contributed by atoms with Gasteiger partial charge in [0.15, 0.2) is 11.5 Å². The quantitative estimate of drug-likeness (QED) is 0.906. The van der Waals surface area contributed by atoms with E-state index in [0.717, 1.165) is 25.9 Å². The Hall–Kier alpha value is -1.74. The molecule has 0 fully saturated rings. The van der Waals surface area contributed by atoms with Gasteiger partial charge in [-0.05, 0) is 42.9 Å². The zero-order valence-electron chi connectivity index (χ0n) is 13.4. The highest BCUT2D eigenvalue weighted by molar-refractivity contribution is 5.53. The maximum Gasteiger partial charge on any atom is 0.165 e. The Morgan fingerprint density at radius 2 is 2.23 bits per heavy atom. The molecule has 2 heterocycles. The third-order valence-corrected chi connectivity index (χ3v) is 5.48. The average molecular weight is 297 g/mol. The molecule has 0 amide bonds. The van der Waals surface area contributed by atoms with Crippen LogP contribution in [-0.2, 0) is 13.0 Å². The molecule has 116 valence electrons. The number of phenols is 1. The van der Waals surface area contributed by atoms with E-state index < -0.39 is 0 Å². The smallest absolute Gasteiger partial charge is 0.165 e. The highest BCUT2D eigenvalue weighted by Crippen LogP contribution is 2.43. The van der Waals surface area contributed by atoms with Crippen molar-refractivity contribution in [2.75, 3.05) is 13.7 Å². The second-order valence-electron chi connectivity index (χ2n) is 6.59. The Kier molecular flexibility index (Phi) is 3.26. The Morgan fingerprint density at radius 1 is 1.36 bits per heavy atom. The van der Waals surface area contributed by atoms with Gasteiger partial charge in [-0.3, -0.25) is 4.90 Å². The van der Waals surface area contributed by atoms with Crippen LogP contribution in [0.2, 0.25) is 0 Å². The van der Waals surface area contributed by atoms with E-state index in [-0.39, 0.29) is 5.75 Å². The Bertz CT molecular complexity index is 687. The van der Waals surface area contributed by atoms with Gasteiger partial charge in [-0.15, -0.1) is 0 Å². The lowest BCUT2D eigenvalue weighted by Gasteiger charge is -2.41. The number of allylic oxidation sites excluding steroid dienone is 1. The number of benzene rings is 1. The monoisotopic (exact) mass is 297 g/mol. The van der Waals surface area contributed by atoms with E-state index in [9.17, 15) is 5.11 Å². The van der Waals surface area contributed by atoms with Crippen molar-refractivity contribution >= 4 is 0 Å². The summed E-state index contributed by atoms with van der Waals surface area (Å²) in [6, 6.07) is 4.35. The van der Waals surface area contributed by atoms with Crippen LogP contribution in [0.5, 0.6) is 11.5 Å². The minimum atomic E-state index is 0.255. The van der Waals surface area contributed by atoms with Crippen molar-refractivity contribution in [1.29, 1.82) is 0 Å². The number of phenolic OH excluding ortho intramolecular Hbond substituents is 1. The van der Waals surface area contributed by atoms with Gasteiger partial charge in [0, 0.05) is 24.7 Å². The van der Waals surface area contributed by atoms with E-state index in [0.29, 0.717) is 11.8 Å². The lowest BCUT2D eigenvalue weighted by molar-refractivity contribution is 0.184. The zero-order valence-corrected chi connectivity index (χ0v) is 13.4. The van der Waals surface area contributed by atoms with Gasteiger partial charge in [0.1, 0.15) is 0 Å². The van der Waals surface area contributed by atoms with E-state index in [1.165, 1.54) is 24.0 Å². The first kappa shape index (κ1) is 13.9. The van der Waals surface area contributed by atoms with Gasteiger partial charge in [0.2, 0.25) is 0 Å². The van der Waals surface area contributed by atoms with E-state index in [1.807, 2.05) is 0 Å². The second kappa shape index (κ2) is 5.17. The molecule has 0 radical (unpaired) electrons. The maximum atomic E-state index is 10.0. The first-order valence-electron chi connectivity index (χ1n) is 8.24. The van der Waals surface area contributed by atoms with Crippen LogP contribution < -0.4 is 4.74 Å². The topological polar surface area (TPSA) is 32.7 Å². The van der Waals surface area contributed by atoms with Gasteiger partial charge in [0.05, 0.1) is 7.11 Å². The number of rotatable bonds is 2. The van der Waals surface area contributed by atoms with Gasteiger partial charge >= 0.3 is 0 Å². The highest BCUT2D eigenvalue weighted by Gasteiger charge is 2.36. The standard InChI is InChI=1S/C19H23NO2/c1-3-12-8-14-6-7-20-11-16-13(10-17(20)15(14)9-12)4-5-18(21)19(16)22-2/h4-5,9,17,21H,3,6-8,10-11H2,1-2H3. The normalized spacial score (nSPS) is 23.7. The summed E-state index contributed by atoms with van der Waals surface area (Å²) in [5.74, 6) is 0.914. The molecule has 0 saturated heterocycles. The summed E-state index contributed by atoms with van der Waals surface area (Å²) in [4.78, 5) is 2.55. The molecule has 3 aliphatic rings. The molecular formula is C19H23NO2. The largest absolute Gasteiger partial charge is 0.504 e. The molecule has 3 nitrogen and oxygen atoms in total. The number of hydrogen-bond acceptors (Lipinski definition) is 3. The van der Waals surface area contributed by atoms with Crippen LogP contribution in [0.3, 0.4) is 0 Å². The molecule has 1 aliphatic carbocycles. The Morgan fingerprint density at radius 3 is 3.00 bits per heavy atom. The highest BCUT2D eigenvalue weighted by atomic mass is 16.5. The van der Waals surface area contributed by atoms with Crippen molar-refractivity contribution in [2.24, 2.45) is 0 Å². The maximum absolute atomic E-state index is 10.0. The van der Waals surface area contributed by atoms with Crippen molar-refractivity contribution in [3.8, 4) is 11.5 Å². The number of fused-ring (bicyclic) bond motifs is 3. The molecular weight excluding hydrogens is 274 g/mol. The lowest BCUT2D eigenvalue weighted by Crippen LogP contribution is -2.44. The molecule has 3 heteroatoms. The summed E-state index contributed by atoms with van der Waals surface area (Å²) >= 11 is 0. The molecule has 22 heavy (non-hydrogen) atoms. The molecule has 2 aliphatic heterocycles. The molecule has 0 aromatic heterocycles. The minimum absolute atomic E-state index is 0.255. The van der Waals surface area contributed by atoms with Crippen molar-refractivity contribution in [3.63, 3.8) is 0 Å².